The molecule has 134 valence electrons. The van der Waals surface area contributed by atoms with Crippen LogP contribution in [0.2, 0.25) is 0 Å². The Hall–Kier alpha value is -2.22. The second-order valence-corrected chi connectivity index (χ2v) is 6.03. The number of rotatable bonds is 7. The Balaban J connectivity index is 1.47. The maximum absolute atomic E-state index is 13.2. The quantitative estimate of drug-likeness (QED) is 0.709. The highest BCUT2D eigenvalue weighted by molar-refractivity contribution is 5.44. The van der Waals surface area contributed by atoms with Crippen molar-refractivity contribution in [2.75, 3.05) is 13.3 Å². The minimum absolute atomic E-state index is 0.182. The molecule has 1 aliphatic rings. The Kier molecular flexibility index (Phi) is 5.47. The van der Waals surface area contributed by atoms with Crippen LogP contribution >= 0.6 is 0 Å². The van der Waals surface area contributed by atoms with Gasteiger partial charge in [0.25, 0.3) is 0 Å². The van der Waals surface area contributed by atoms with Crippen molar-refractivity contribution >= 4 is 0 Å². The largest absolute Gasteiger partial charge is 0.454 e. The third-order valence-electron chi connectivity index (χ3n) is 4.01. The van der Waals surface area contributed by atoms with Crippen LogP contribution in [0.15, 0.2) is 36.4 Å². The van der Waals surface area contributed by atoms with E-state index in [9.17, 15) is 13.9 Å². The molecule has 0 spiro atoms. The summed E-state index contributed by atoms with van der Waals surface area (Å²) in [5.74, 6) is 0.105. The van der Waals surface area contributed by atoms with Crippen LogP contribution in [-0.4, -0.2) is 30.6 Å². The smallest absolute Gasteiger partial charge is 0.231 e. The molecule has 4 N–H and O–H groups in total. The van der Waals surface area contributed by atoms with Crippen LogP contribution in [0.4, 0.5) is 8.78 Å². The van der Waals surface area contributed by atoms with E-state index in [-0.39, 0.29) is 19.8 Å². The van der Waals surface area contributed by atoms with Gasteiger partial charge in [0.1, 0.15) is 11.6 Å². The molecule has 0 amide bonds. The van der Waals surface area contributed by atoms with Crippen LogP contribution in [0.1, 0.15) is 11.1 Å². The number of nitrogens with two attached hydrogens (primary N) is 1. The Bertz CT molecular complexity index is 722. The zero-order valence-electron chi connectivity index (χ0n) is 13.5. The van der Waals surface area contributed by atoms with Gasteiger partial charge in [-0.1, -0.05) is 6.07 Å². The topological polar surface area (TPSA) is 76.7 Å². The third kappa shape index (κ3) is 4.66. The monoisotopic (exact) mass is 350 g/mol. The molecule has 2 aromatic rings. The van der Waals surface area contributed by atoms with E-state index >= 15 is 0 Å². The van der Waals surface area contributed by atoms with E-state index in [0.717, 1.165) is 11.6 Å². The number of hydrogen-bond acceptors (Lipinski definition) is 5. The summed E-state index contributed by atoms with van der Waals surface area (Å²) in [4.78, 5) is 0. The van der Waals surface area contributed by atoms with Gasteiger partial charge in [-0.25, -0.2) is 8.78 Å². The van der Waals surface area contributed by atoms with Gasteiger partial charge in [-0.05, 0) is 41.8 Å². The summed E-state index contributed by atoms with van der Waals surface area (Å²) in [5.41, 5.74) is 7.33. The lowest BCUT2D eigenvalue weighted by Gasteiger charge is -2.19. The van der Waals surface area contributed by atoms with Crippen molar-refractivity contribution in [3.63, 3.8) is 0 Å². The summed E-state index contributed by atoms with van der Waals surface area (Å²) < 4.78 is 36.9. The molecule has 1 heterocycles. The summed E-state index contributed by atoms with van der Waals surface area (Å²) in [7, 11) is 0. The fourth-order valence-electron chi connectivity index (χ4n) is 2.70. The first-order chi connectivity index (χ1) is 12.0. The average molecular weight is 350 g/mol. The number of ether oxygens (including phenoxy) is 2. The van der Waals surface area contributed by atoms with Crippen LogP contribution in [0, 0.1) is 11.6 Å². The van der Waals surface area contributed by atoms with Gasteiger partial charge in [-0.15, -0.1) is 0 Å². The standard InChI is InChI=1S/C18H20F2N2O3/c19-13-3-12(4-14(20)7-13)5-15(21)16(23)9-22-8-11-1-2-17-18(6-11)25-10-24-17/h1-4,6-7,15-16,22-23H,5,8-10,21H2/t15-,16+/m0/s1. The highest BCUT2D eigenvalue weighted by Gasteiger charge is 2.17. The molecule has 0 saturated heterocycles. The minimum atomic E-state index is -0.847. The predicted molar refractivity (Wildman–Crippen MR) is 88.3 cm³/mol. The van der Waals surface area contributed by atoms with Crippen LogP contribution in [0.3, 0.4) is 0 Å². The molecular formula is C18H20F2N2O3. The van der Waals surface area contributed by atoms with E-state index in [4.69, 9.17) is 15.2 Å². The zero-order chi connectivity index (χ0) is 17.8. The number of benzene rings is 2. The van der Waals surface area contributed by atoms with Gasteiger partial charge in [0.15, 0.2) is 11.5 Å². The van der Waals surface area contributed by atoms with E-state index in [0.29, 0.717) is 23.6 Å². The number of fused-ring (bicyclic) bond motifs is 1. The number of aliphatic hydroxyl groups excluding tert-OH is 1. The summed E-state index contributed by atoms with van der Waals surface area (Å²) >= 11 is 0. The number of nitrogens with one attached hydrogen (secondary N) is 1. The molecule has 0 saturated carbocycles. The average Bonchev–Trinajstić information content (AvgIpc) is 3.01. The molecular weight excluding hydrogens is 330 g/mol. The molecule has 0 radical (unpaired) electrons. The van der Waals surface area contributed by atoms with Gasteiger partial charge in [0, 0.05) is 25.2 Å². The molecule has 1 aliphatic heterocycles. The Labute approximate surface area is 144 Å². The van der Waals surface area contributed by atoms with Crippen molar-refractivity contribution in [2.24, 2.45) is 5.73 Å². The van der Waals surface area contributed by atoms with Crippen molar-refractivity contribution in [2.45, 2.75) is 25.1 Å². The first kappa shape index (κ1) is 17.6. The first-order valence-electron chi connectivity index (χ1n) is 7.99. The maximum Gasteiger partial charge on any atom is 0.231 e. The molecule has 5 nitrogen and oxygen atoms in total. The third-order valence-corrected chi connectivity index (χ3v) is 4.01. The number of halogens is 2. The van der Waals surface area contributed by atoms with Crippen molar-refractivity contribution in [1.29, 1.82) is 0 Å². The van der Waals surface area contributed by atoms with Gasteiger partial charge in [0.05, 0.1) is 6.10 Å². The van der Waals surface area contributed by atoms with Gasteiger partial charge in [-0.2, -0.15) is 0 Å². The van der Waals surface area contributed by atoms with Crippen LogP contribution in [0.25, 0.3) is 0 Å². The number of hydrogen-bond donors (Lipinski definition) is 3. The minimum Gasteiger partial charge on any atom is -0.454 e. The molecule has 0 aliphatic carbocycles. The van der Waals surface area contributed by atoms with Crippen LogP contribution in [0.5, 0.6) is 11.5 Å². The second-order valence-electron chi connectivity index (χ2n) is 6.03. The normalized spacial score (nSPS) is 15.2. The van der Waals surface area contributed by atoms with Gasteiger partial charge in [0.2, 0.25) is 6.79 Å². The molecule has 0 bridgehead atoms. The van der Waals surface area contributed by atoms with Gasteiger partial charge >= 0.3 is 0 Å². The van der Waals surface area contributed by atoms with E-state index < -0.39 is 23.8 Å². The zero-order valence-corrected chi connectivity index (χ0v) is 13.5. The predicted octanol–water partition coefficient (Wildman–Crippen LogP) is 1.71. The summed E-state index contributed by atoms with van der Waals surface area (Å²) in [6, 6.07) is 8.22. The van der Waals surface area contributed by atoms with Crippen LogP contribution < -0.4 is 20.5 Å². The lowest BCUT2D eigenvalue weighted by molar-refractivity contribution is 0.141. The van der Waals surface area contributed by atoms with Crippen LogP contribution in [-0.2, 0) is 13.0 Å². The van der Waals surface area contributed by atoms with Gasteiger partial charge in [-0.3, -0.25) is 0 Å². The lowest BCUT2D eigenvalue weighted by atomic mass is 10.0. The fourth-order valence-corrected chi connectivity index (χ4v) is 2.70. The molecule has 0 fully saturated rings. The lowest BCUT2D eigenvalue weighted by Crippen LogP contribution is -2.43. The first-order valence-corrected chi connectivity index (χ1v) is 7.99. The molecule has 0 aromatic heterocycles. The second kappa shape index (κ2) is 7.77. The maximum atomic E-state index is 13.2. The summed E-state index contributed by atoms with van der Waals surface area (Å²) in [6.07, 6.45) is -0.665. The molecule has 25 heavy (non-hydrogen) atoms. The van der Waals surface area contributed by atoms with Gasteiger partial charge < -0.3 is 25.6 Å². The van der Waals surface area contributed by atoms with E-state index in [1.54, 1.807) is 0 Å². The Morgan fingerprint density at radius 2 is 1.76 bits per heavy atom. The van der Waals surface area contributed by atoms with Crippen molar-refractivity contribution in [1.82, 2.24) is 5.32 Å². The highest BCUT2D eigenvalue weighted by Crippen LogP contribution is 2.32. The Morgan fingerprint density at radius 1 is 1.04 bits per heavy atom. The van der Waals surface area contributed by atoms with Crippen molar-refractivity contribution < 1.29 is 23.4 Å². The Morgan fingerprint density at radius 3 is 2.52 bits per heavy atom. The van der Waals surface area contributed by atoms with E-state index in [1.807, 2.05) is 18.2 Å². The highest BCUT2D eigenvalue weighted by atomic mass is 19.1. The molecule has 0 unspecified atom stereocenters. The van der Waals surface area contributed by atoms with E-state index in [1.165, 1.54) is 12.1 Å². The summed E-state index contributed by atoms with van der Waals surface area (Å²) in [5, 5.41) is 13.2. The molecule has 2 atom stereocenters. The number of aliphatic hydroxyl groups is 1. The molecule has 2 aromatic carbocycles. The van der Waals surface area contributed by atoms with Crippen molar-refractivity contribution in [3.05, 3.63) is 59.2 Å². The summed E-state index contributed by atoms with van der Waals surface area (Å²) in [6.45, 7) is 1.00. The molecule has 7 heteroatoms. The van der Waals surface area contributed by atoms with E-state index in [2.05, 4.69) is 5.32 Å². The SMILES string of the molecule is N[C@@H](Cc1cc(F)cc(F)c1)[C@H](O)CNCc1ccc2c(c1)OCO2. The molecule has 3 rings (SSSR count). The fraction of sp³-hybridized carbons (Fsp3) is 0.333. The van der Waals surface area contributed by atoms with Crippen molar-refractivity contribution in [3.8, 4) is 11.5 Å².